The van der Waals surface area contributed by atoms with Gasteiger partial charge in [-0.2, -0.15) is 13.2 Å². The predicted molar refractivity (Wildman–Crippen MR) is 57.2 cm³/mol. The lowest BCUT2D eigenvalue weighted by molar-refractivity contribution is -0.260. The van der Waals surface area contributed by atoms with E-state index in [0.29, 0.717) is 13.3 Å². The smallest absolute Gasteiger partial charge is 0.347 e. The van der Waals surface area contributed by atoms with E-state index in [9.17, 15) is 22.5 Å². The van der Waals surface area contributed by atoms with Gasteiger partial charge in [-0.3, -0.25) is 9.88 Å². The number of alkyl halides is 3. The Balaban J connectivity index is 3.48. The Bertz CT molecular complexity index is 444. The molecule has 0 radical (unpaired) electrons. The number of methoxy groups -OCH3 is 1. The molecule has 110 valence electrons. The minimum atomic E-state index is -5.07. The van der Waals surface area contributed by atoms with E-state index in [1.165, 1.54) is 0 Å². The zero-order valence-electron chi connectivity index (χ0n) is 10.2. The van der Waals surface area contributed by atoms with Crippen molar-refractivity contribution in [2.75, 3.05) is 21.3 Å². The van der Waals surface area contributed by atoms with Crippen LogP contribution in [0.25, 0.3) is 0 Å². The van der Waals surface area contributed by atoms with Gasteiger partial charge in [-0.15, -0.1) is 0 Å². The van der Waals surface area contributed by atoms with Crippen LogP contribution in [0.5, 0.6) is 0 Å². The standard InChI is InChI=1S/C8H12F3N2O5P/c1-16-7(8(9,10)11)5(4-12-6(14)13-7)19(15,17-2)18-3/h4H,1-3H3,(H2,12,13,14). The molecule has 19 heavy (non-hydrogen) atoms. The van der Waals surface area contributed by atoms with Crippen LogP contribution >= 0.6 is 7.60 Å². The summed E-state index contributed by atoms with van der Waals surface area (Å²) in [7, 11) is -1.74. The summed E-state index contributed by atoms with van der Waals surface area (Å²) >= 11 is 0. The number of hydrogen-bond acceptors (Lipinski definition) is 5. The van der Waals surface area contributed by atoms with E-state index >= 15 is 0 Å². The number of carbonyl (C=O) groups excluding carboxylic acids is 1. The summed E-state index contributed by atoms with van der Waals surface area (Å²) in [4.78, 5) is 11.1. The highest BCUT2D eigenvalue weighted by Crippen LogP contribution is 2.61. The van der Waals surface area contributed by atoms with Crippen LogP contribution in [-0.4, -0.2) is 39.3 Å². The molecule has 0 saturated heterocycles. The Morgan fingerprint density at radius 1 is 1.26 bits per heavy atom. The lowest BCUT2D eigenvalue weighted by Crippen LogP contribution is -2.65. The summed E-state index contributed by atoms with van der Waals surface area (Å²) in [6.45, 7) is 0. The summed E-state index contributed by atoms with van der Waals surface area (Å²) < 4.78 is 65.1. The van der Waals surface area contributed by atoms with Gasteiger partial charge in [0, 0.05) is 27.5 Å². The second kappa shape index (κ2) is 5.12. The summed E-state index contributed by atoms with van der Waals surface area (Å²) in [6, 6.07) is -1.17. The summed E-state index contributed by atoms with van der Waals surface area (Å²) in [5.74, 6) is 0. The van der Waals surface area contributed by atoms with Crippen LogP contribution in [0.4, 0.5) is 18.0 Å². The molecule has 0 saturated carbocycles. The van der Waals surface area contributed by atoms with Crippen LogP contribution in [0, 0.1) is 0 Å². The second-order valence-electron chi connectivity index (χ2n) is 3.37. The van der Waals surface area contributed by atoms with Crippen molar-refractivity contribution in [1.82, 2.24) is 10.6 Å². The number of amides is 2. The maximum Gasteiger partial charge on any atom is 0.441 e. The maximum atomic E-state index is 13.2. The van der Waals surface area contributed by atoms with E-state index in [0.717, 1.165) is 14.2 Å². The van der Waals surface area contributed by atoms with Gasteiger partial charge in [0.25, 0.3) is 5.72 Å². The van der Waals surface area contributed by atoms with E-state index in [4.69, 9.17) is 0 Å². The molecule has 1 rings (SSSR count). The zero-order valence-corrected chi connectivity index (χ0v) is 11.1. The fourth-order valence-electron chi connectivity index (χ4n) is 1.53. The van der Waals surface area contributed by atoms with Crippen LogP contribution in [0.3, 0.4) is 0 Å². The van der Waals surface area contributed by atoms with Crippen molar-refractivity contribution in [2.45, 2.75) is 11.9 Å². The molecule has 0 aromatic heterocycles. The average Bonchev–Trinajstić information content (AvgIpc) is 2.36. The number of halogens is 3. The molecule has 0 fully saturated rings. The van der Waals surface area contributed by atoms with Gasteiger partial charge in [0.2, 0.25) is 0 Å². The van der Waals surface area contributed by atoms with Gasteiger partial charge >= 0.3 is 19.8 Å². The molecule has 0 aliphatic carbocycles. The zero-order chi connectivity index (χ0) is 14.9. The SMILES string of the molecule is COC1(C(F)(F)F)NC(=O)NC=C1P(=O)(OC)OC. The second-order valence-corrected chi connectivity index (χ2v) is 5.58. The molecule has 7 nitrogen and oxygen atoms in total. The number of hydrogen-bond donors (Lipinski definition) is 2. The Hall–Kier alpha value is -1.09. The van der Waals surface area contributed by atoms with Gasteiger partial charge in [-0.1, -0.05) is 0 Å². The third-order valence-corrected chi connectivity index (χ3v) is 4.47. The van der Waals surface area contributed by atoms with E-state index in [1.54, 1.807) is 5.32 Å². The Morgan fingerprint density at radius 3 is 2.16 bits per heavy atom. The fraction of sp³-hybridized carbons (Fsp3) is 0.625. The highest BCUT2D eigenvalue weighted by molar-refractivity contribution is 7.58. The molecular formula is C8H12F3N2O5P. The van der Waals surface area contributed by atoms with Crippen LogP contribution in [0.1, 0.15) is 0 Å². The summed E-state index contributed by atoms with van der Waals surface area (Å²) in [5, 5.41) is 2.59. The van der Waals surface area contributed by atoms with E-state index in [1.807, 2.05) is 5.32 Å². The van der Waals surface area contributed by atoms with Crippen molar-refractivity contribution in [2.24, 2.45) is 0 Å². The van der Waals surface area contributed by atoms with Crippen LogP contribution in [0.15, 0.2) is 11.5 Å². The first kappa shape index (κ1) is 16.0. The van der Waals surface area contributed by atoms with Gasteiger partial charge in [0.15, 0.2) is 0 Å². The minimum Gasteiger partial charge on any atom is -0.347 e. The number of nitrogens with one attached hydrogen (secondary N) is 2. The summed E-state index contributed by atoms with van der Waals surface area (Å²) in [5.41, 5.74) is -3.28. The highest BCUT2D eigenvalue weighted by Gasteiger charge is 2.65. The van der Waals surface area contributed by atoms with Crippen molar-refractivity contribution in [3.8, 4) is 0 Å². The predicted octanol–water partition coefficient (Wildman–Crippen LogP) is 1.53. The van der Waals surface area contributed by atoms with Crippen molar-refractivity contribution >= 4 is 13.6 Å². The van der Waals surface area contributed by atoms with Crippen molar-refractivity contribution in [1.29, 1.82) is 0 Å². The molecule has 11 heteroatoms. The average molecular weight is 304 g/mol. The van der Waals surface area contributed by atoms with Crippen molar-refractivity contribution in [3.05, 3.63) is 11.5 Å². The third-order valence-electron chi connectivity index (χ3n) is 2.47. The van der Waals surface area contributed by atoms with Crippen LogP contribution in [0.2, 0.25) is 0 Å². The molecule has 0 bridgehead atoms. The Morgan fingerprint density at radius 2 is 1.79 bits per heavy atom. The molecule has 1 heterocycles. The molecule has 1 atom stereocenters. The topological polar surface area (TPSA) is 85.9 Å². The van der Waals surface area contributed by atoms with Gasteiger partial charge in [-0.25, -0.2) is 4.79 Å². The molecule has 1 unspecified atom stereocenters. The number of carbonyl (C=O) groups is 1. The third kappa shape index (κ3) is 2.48. The molecule has 0 aromatic rings. The number of ether oxygens (including phenoxy) is 1. The van der Waals surface area contributed by atoms with Gasteiger partial charge < -0.3 is 19.1 Å². The van der Waals surface area contributed by atoms with Crippen molar-refractivity contribution in [3.63, 3.8) is 0 Å². The minimum absolute atomic E-state index is 0.601. The lowest BCUT2D eigenvalue weighted by atomic mass is 10.1. The van der Waals surface area contributed by atoms with Gasteiger partial charge in [0.05, 0.1) is 0 Å². The number of rotatable bonds is 4. The monoisotopic (exact) mass is 304 g/mol. The molecule has 1 aliphatic heterocycles. The molecule has 0 aromatic carbocycles. The van der Waals surface area contributed by atoms with E-state index in [-0.39, 0.29) is 0 Å². The molecule has 0 spiro atoms. The first-order chi connectivity index (χ1) is 8.66. The van der Waals surface area contributed by atoms with Gasteiger partial charge in [-0.05, 0) is 0 Å². The largest absolute Gasteiger partial charge is 0.441 e. The normalized spacial score (nSPS) is 24.5. The Kier molecular flexibility index (Phi) is 4.30. The first-order valence-corrected chi connectivity index (χ1v) is 6.34. The maximum absolute atomic E-state index is 13.2. The molecule has 2 amide bonds. The number of urea groups is 1. The van der Waals surface area contributed by atoms with Crippen LogP contribution < -0.4 is 10.6 Å². The molecule has 1 aliphatic rings. The summed E-state index contributed by atoms with van der Waals surface area (Å²) in [6.07, 6.45) is -4.47. The highest BCUT2D eigenvalue weighted by atomic mass is 31.2. The quantitative estimate of drug-likeness (QED) is 0.769. The van der Waals surface area contributed by atoms with Crippen molar-refractivity contribution < 1.29 is 36.3 Å². The molecule has 2 N–H and O–H groups in total. The lowest BCUT2D eigenvalue weighted by Gasteiger charge is -2.39. The molecular weight excluding hydrogens is 292 g/mol. The van der Waals surface area contributed by atoms with Crippen LogP contribution in [-0.2, 0) is 18.3 Å². The van der Waals surface area contributed by atoms with E-state index < -0.39 is 30.8 Å². The Labute approximate surface area is 106 Å². The van der Waals surface area contributed by atoms with E-state index in [2.05, 4.69) is 13.8 Å². The van der Waals surface area contributed by atoms with Gasteiger partial charge in [0.1, 0.15) is 5.31 Å². The fourth-order valence-corrected chi connectivity index (χ4v) is 2.95. The first-order valence-electron chi connectivity index (χ1n) is 4.80.